The molecule has 0 radical (unpaired) electrons. The highest BCUT2D eigenvalue weighted by Gasteiger charge is 2.38. The van der Waals surface area contributed by atoms with E-state index in [4.69, 9.17) is 23.2 Å². The van der Waals surface area contributed by atoms with E-state index in [0.717, 1.165) is 22.4 Å². The Morgan fingerprint density at radius 2 is 1.51 bits per heavy atom. The lowest BCUT2D eigenvalue weighted by Gasteiger charge is -2.38. The molecule has 3 aromatic rings. The van der Waals surface area contributed by atoms with E-state index in [1.54, 1.807) is 18.2 Å². The fourth-order valence-corrected chi connectivity index (χ4v) is 6.57. The van der Waals surface area contributed by atoms with Crippen molar-refractivity contribution >= 4 is 44.8 Å². The molecule has 4 rings (SSSR count). The molecule has 1 aliphatic heterocycles. The van der Waals surface area contributed by atoms with E-state index in [-0.39, 0.29) is 30.1 Å². The molecule has 0 unspecified atom stereocenters. The highest BCUT2D eigenvalue weighted by Crippen LogP contribution is 2.37. The Hall–Kier alpha value is -3.04. The molecule has 3 aromatic carbocycles. The number of piperazine rings is 1. The molecular weight excluding hydrogens is 717 g/mol. The number of nitrogens with zero attached hydrogens (tertiary/aromatic N) is 3. The van der Waals surface area contributed by atoms with Gasteiger partial charge in [-0.3, -0.25) is 9.69 Å². The Balaban J connectivity index is 1.46. The van der Waals surface area contributed by atoms with Crippen LogP contribution >= 0.6 is 23.2 Å². The molecule has 0 saturated carbocycles. The van der Waals surface area contributed by atoms with Crippen molar-refractivity contribution in [3.63, 3.8) is 0 Å². The predicted molar refractivity (Wildman–Crippen MR) is 179 cm³/mol. The van der Waals surface area contributed by atoms with Crippen molar-refractivity contribution in [2.45, 2.75) is 31.1 Å². The normalized spacial score (nSPS) is 15.3. The van der Waals surface area contributed by atoms with Gasteiger partial charge in [-0.05, 0) is 66.9 Å². The molecule has 7 nitrogen and oxygen atoms in total. The number of sulfonamides is 1. The second-order valence-electron chi connectivity index (χ2n) is 12.0. The topological polar surface area (TPSA) is 73.0 Å². The number of anilines is 1. The monoisotopic (exact) mass is 752 g/mol. The van der Waals surface area contributed by atoms with E-state index in [9.17, 15) is 39.6 Å². The summed E-state index contributed by atoms with van der Waals surface area (Å²) in [5.41, 5.74) is -1.09. The molecule has 1 fully saturated rings. The largest absolute Gasteiger partial charge is 0.416 e. The number of amides is 1. The van der Waals surface area contributed by atoms with Crippen LogP contribution in [0.5, 0.6) is 0 Å². The predicted octanol–water partition coefficient (Wildman–Crippen LogP) is 7.19. The first kappa shape index (κ1) is 38.8. The van der Waals surface area contributed by atoms with Crippen LogP contribution in [0.1, 0.15) is 45.0 Å². The van der Waals surface area contributed by atoms with Crippen LogP contribution in [0.25, 0.3) is 0 Å². The van der Waals surface area contributed by atoms with Crippen molar-refractivity contribution in [1.29, 1.82) is 0 Å². The first-order valence-electron chi connectivity index (χ1n) is 15.3. The van der Waals surface area contributed by atoms with Crippen molar-refractivity contribution in [1.82, 2.24) is 14.5 Å². The minimum absolute atomic E-state index is 0.01000. The smallest absolute Gasteiger partial charge is 0.369 e. The van der Waals surface area contributed by atoms with Gasteiger partial charge in [-0.25, -0.2) is 13.1 Å². The number of likely N-dealkylation sites (N-methyl/N-ethyl adjacent to an activating group) is 1. The Kier molecular flexibility index (Phi) is 12.6. The van der Waals surface area contributed by atoms with Gasteiger partial charge in [-0.2, -0.15) is 26.3 Å². The van der Waals surface area contributed by atoms with Crippen LogP contribution in [0.2, 0.25) is 10.0 Å². The van der Waals surface area contributed by atoms with Crippen molar-refractivity contribution in [3.05, 3.63) is 98.5 Å². The van der Waals surface area contributed by atoms with Crippen LogP contribution in [0.15, 0.2) is 60.7 Å². The molecule has 1 amide bonds. The second-order valence-corrected chi connectivity index (χ2v) is 14.7. The summed E-state index contributed by atoms with van der Waals surface area (Å²) in [7, 11) is -1.97. The quantitative estimate of drug-likeness (QED) is 0.199. The highest BCUT2D eigenvalue weighted by molar-refractivity contribution is 7.88. The molecule has 1 N–H and O–H groups in total. The maximum atomic E-state index is 13.5. The van der Waals surface area contributed by atoms with Gasteiger partial charge < -0.3 is 9.80 Å². The van der Waals surface area contributed by atoms with Gasteiger partial charge in [0, 0.05) is 63.5 Å². The number of hydrogen-bond acceptors (Lipinski definition) is 5. The Morgan fingerprint density at radius 3 is 2.08 bits per heavy atom. The zero-order valence-corrected chi connectivity index (χ0v) is 29.0. The summed E-state index contributed by atoms with van der Waals surface area (Å²) >= 11 is 12.4. The average molecular weight is 754 g/mol. The summed E-state index contributed by atoms with van der Waals surface area (Å²) in [4.78, 5) is 18.9. The molecule has 268 valence electrons. The molecule has 0 spiro atoms. The van der Waals surface area contributed by atoms with Crippen molar-refractivity contribution < 1.29 is 39.6 Å². The summed E-state index contributed by atoms with van der Waals surface area (Å²) in [6.07, 6.45) is -8.03. The zero-order chi connectivity index (χ0) is 36.1. The lowest BCUT2D eigenvalue weighted by Crippen LogP contribution is -2.47. The molecule has 0 aromatic heterocycles. The average Bonchev–Trinajstić information content (AvgIpc) is 3.03. The third-order valence-electron chi connectivity index (χ3n) is 8.35. The van der Waals surface area contributed by atoms with Crippen molar-refractivity contribution in [2.75, 3.05) is 64.0 Å². The third-order valence-corrected chi connectivity index (χ3v) is 9.82. The number of alkyl halides is 6. The van der Waals surface area contributed by atoms with Gasteiger partial charge in [0.05, 0.1) is 27.4 Å². The van der Waals surface area contributed by atoms with E-state index in [0.29, 0.717) is 68.3 Å². The van der Waals surface area contributed by atoms with Crippen LogP contribution in [-0.2, 0) is 28.8 Å². The van der Waals surface area contributed by atoms with E-state index >= 15 is 0 Å². The molecule has 1 heterocycles. The Bertz CT molecular complexity index is 1700. The SMILES string of the molecule is CN(C[C@@H](CCN1CCN(c2ccccc2CCNS(C)(=O)=O)CC1)c1ccc(Cl)c(Cl)c1)C(=O)c1cc(C(F)(F)F)cc(C(F)(F)F)c1. The first-order chi connectivity index (χ1) is 22.8. The Labute approximate surface area is 291 Å². The van der Waals surface area contributed by atoms with Gasteiger partial charge in [0.2, 0.25) is 10.0 Å². The number of carbonyl (C=O) groups is 1. The number of benzene rings is 3. The molecule has 49 heavy (non-hydrogen) atoms. The van der Waals surface area contributed by atoms with Crippen LogP contribution in [0.4, 0.5) is 32.0 Å². The molecule has 1 aliphatic rings. The summed E-state index contributed by atoms with van der Waals surface area (Å²) in [6, 6.07) is 13.6. The summed E-state index contributed by atoms with van der Waals surface area (Å²) in [5, 5.41) is 0.575. The summed E-state index contributed by atoms with van der Waals surface area (Å²) in [6.45, 7) is 3.64. The third kappa shape index (κ3) is 11.0. The number of para-hydroxylation sites is 1. The van der Waals surface area contributed by atoms with Gasteiger partial charge in [0.15, 0.2) is 0 Å². The van der Waals surface area contributed by atoms with E-state index < -0.39 is 45.0 Å². The lowest BCUT2D eigenvalue weighted by molar-refractivity contribution is -0.143. The summed E-state index contributed by atoms with van der Waals surface area (Å²) < 4.78 is 106. The van der Waals surface area contributed by atoms with Crippen molar-refractivity contribution in [2.24, 2.45) is 0 Å². The van der Waals surface area contributed by atoms with Crippen LogP contribution in [0.3, 0.4) is 0 Å². The number of nitrogens with one attached hydrogen (secondary N) is 1. The number of rotatable bonds is 12. The molecule has 0 aliphatic carbocycles. The number of carbonyl (C=O) groups excluding carboxylic acids is 1. The zero-order valence-electron chi connectivity index (χ0n) is 26.7. The fraction of sp³-hybridized carbons (Fsp3) is 0.424. The van der Waals surface area contributed by atoms with E-state index in [1.165, 1.54) is 7.05 Å². The van der Waals surface area contributed by atoms with Crippen LogP contribution in [-0.4, -0.2) is 83.2 Å². The maximum absolute atomic E-state index is 13.5. The van der Waals surface area contributed by atoms with Crippen molar-refractivity contribution in [3.8, 4) is 0 Å². The van der Waals surface area contributed by atoms with Gasteiger partial charge in [0.1, 0.15) is 0 Å². The minimum Gasteiger partial charge on any atom is -0.369 e. The van der Waals surface area contributed by atoms with Gasteiger partial charge >= 0.3 is 12.4 Å². The Morgan fingerprint density at radius 1 is 0.898 bits per heavy atom. The molecule has 16 heteroatoms. The summed E-state index contributed by atoms with van der Waals surface area (Å²) in [5.74, 6) is -1.36. The number of halogens is 8. The second kappa shape index (κ2) is 15.9. The van der Waals surface area contributed by atoms with E-state index in [2.05, 4.69) is 14.5 Å². The van der Waals surface area contributed by atoms with Gasteiger partial charge in [-0.15, -0.1) is 0 Å². The number of hydrogen-bond donors (Lipinski definition) is 1. The van der Waals surface area contributed by atoms with Crippen LogP contribution < -0.4 is 9.62 Å². The molecule has 1 atom stereocenters. The highest BCUT2D eigenvalue weighted by atomic mass is 35.5. The maximum Gasteiger partial charge on any atom is 0.416 e. The molecule has 1 saturated heterocycles. The molecular formula is C33H36Cl2F6N4O3S. The minimum atomic E-state index is -5.08. The standard InChI is InChI=1S/C33H36Cl2F6N4O3S/c1-43(31(46)25-17-26(32(36,37)38)20-27(18-25)33(39,40)41)21-24(23-7-8-28(34)29(35)19-23)10-12-44-13-15-45(16-14-44)30-6-4-3-5-22(30)9-11-42-49(2,47)48/h3-8,17-20,24,42H,9-16,21H2,1-2H3/t24-/m1/s1. The lowest BCUT2D eigenvalue weighted by atomic mass is 9.94. The fourth-order valence-electron chi connectivity index (χ4n) is 5.79. The first-order valence-corrected chi connectivity index (χ1v) is 18.0. The van der Waals surface area contributed by atoms with Gasteiger partial charge in [0.25, 0.3) is 5.91 Å². The van der Waals surface area contributed by atoms with Gasteiger partial charge in [-0.1, -0.05) is 47.5 Å². The van der Waals surface area contributed by atoms with Crippen LogP contribution in [0, 0.1) is 0 Å². The molecule has 0 bridgehead atoms. The van der Waals surface area contributed by atoms with E-state index in [1.807, 2.05) is 24.3 Å².